The Morgan fingerprint density at radius 3 is 2.16 bits per heavy atom. The second-order valence-corrected chi connectivity index (χ2v) is 15.5. The number of rotatable bonds is 3. The number of ether oxygens (including phenoxy) is 3. The van der Waals surface area contributed by atoms with Crippen molar-refractivity contribution in [2.75, 3.05) is 45.7 Å². The number of aliphatic hydroxyl groups is 3. The summed E-state index contributed by atoms with van der Waals surface area (Å²) in [6.45, 7) is 13.8. The third kappa shape index (κ3) is 7.96. The zero-order valence-electron chi connectivity index (χ0n) is 33.5. The molecule has 15 nitrogen and oxygen atoms in total. The lowest BCUT2D eigenvalue weighted by atomic mass is 9.78. The van der Waals surface area contributed by atoms with Crippen LogP contribution in [-0.2, 0) is 14.3 Å². The molecular formula is C41H56N4O11. The average molecular weight is 781 g/mol. The minimum atomic E-state index is -2.01. The van der Waals surface area contributed by atoms with Crippen molar-refractivity contribution in [2.24, 2.45) is 28.8 Å². The number of fused-ring (bicyclic) bond motifs is 14. The van der Waals surface area contributed by atoms with Crippen molar-refractivity contribution < 1.29 is 54.4 Å². The van der Waals surface area contributed by atoms with Crippen molar-refractivity contribution in [3.05, 3.63) is 52.8 Å². The number of aliphatic hydroxyl groups excluding tert-OH is 3. The average Bonchev–Trinajstić information content (AvgIpc) is 3.44. The van der Waals surface area contributed by atoms with Crippen molar-refractivity contribution in [3.8, 4) is 23.0 Å². The van der Waals surface area contributed by atoms with E-state index in [1.54, 1.807) is 44.9 Å². The molecule has 7 N–H and O–H groups in total. The maximum Gasteiger partial charge on any atom is 0.312 e. The van der Waals surface area contributed by atoms with Crippen molar-refractivity contribution >= 4 is 34.4 Å². The molecule has 2 aromatic rings. The lowest BCUT2D eigenvalue weighted by Crippen LogP contribution is -2.44. The number of phenolic OH excluding ortho intramolecular Hbond substituents is 3. The van der Waals surface area contributed by atoms with Crippen LogP contribution in [0.2, 0.25) is 0 Å². The van der Waals surface area contributed by atoms with Crippen LogP contribution >= 0.6 is 0 Å². The van der Waals surface area contributed by atoms with Gasteiger partial charge in [-0.3, -0.25) is 14.6 Å². The minimum absolute atomic E-state index is 0.0688. The van der Waals surface area contributed by atoms with E-state index in [9.17, 15) is 40.2 Å². The van der Waals surface area contributed by atoms with E-state index in [4.69, 9.17) is 14.2 Å². The van der Waals surface area contributed by atoms with E-state index >= 15 is 0 Å². The fraction of sp³-hybridized carbons (Fsp3) is 0.537. The summed E-state index contributed by atoms with van der Waals surface area (Å²) in [4.78, 5) is 30.1. The number of hydrazone groups is 1. The van der Waals surface area contributed by atoms with Crippen LogP contribution in [0.25, 0.3) is 10.8 Å². The standard InChI is InChI=1S/C41H56N4O11/c1-20-11-10-12-21(2)40(53)43-31-26(19-42-45-16-14-44(8)15-17-45)36(50)28-29(37(31)51)35(49)25(6)38-30(28)39(52)41(7,56-38)55-18-13-27(54-9)22(3)33(47)24(5)34(48)23(4)32(20)46/h10-13,18-20,22-24,27,32-34,46-51H,14-17H2,1-9H3,(H,43,53)/b11-10+,18-13+,21-12?,42-19+/t20-,22+,23+,24-,27-,32-,33+,34+,41-/m0/s1. The summed E-state index contributed by atoms with van der Waals surface area (Å²) in [5.74, 6) is -7.59. The number of ketones is 1. The molecule has 2 aromatic carbocycles. The van der Waals surface area contributed by atoms with Gasteiger partial charge in [0.2, 0.25) is 0 Å². The normalized spacial score (nSPS) is 32.4. The van der Waals surface area contributed by atoms with Gasteiger partial charge in [-0.15, -0.1) is 0 Å². The number of carbonyl (C=O) groups excluding carboxylic acids is 2. The summed E-state index contributed by atoms with van der Waals surface area (Å²) in [6.07, 6.45) is 4.79. The van der Waals surface area contributed by atoms with Gasteiger partial charge in [0.15, 0.2) is 5.75 Å². The number of piperazine rings is 1. The molecule has 1 saturated heterocycles. The number of anilines is 1. The maximum absolute atomic E-state index is 14.3. The Bertz CT molecular complexity index is 1950. The zero-order chi connectivity index (χ0) is 41.4. The van der Waals surface area contributed by atoms with Crippen LogP contribution in [0.4, 0.5) is 5.69 Å². The van der Waals surface area contributed by atoms with E-state index in [0.717, 1.165) is 13.1 Å². The Labute approximate surface area is 327 Å². The molecule has 306 valence electrons. The van der Waals surface area contributed by atoms with E-state index in [1.807, 2.05) is 7.05 Å². The smallest absolute Gasteiger partial charge is 0.312 e. The molecule has 5 bridgehead atoms. The molecule has 0 spiro atoms. The van der Waals surface area contributed by atoms with Crippen LogP contribution < -0.4 is 10.1 Å². The molecular weight excluding hydrogens is 724 g/mol. The number of nitrogens with zero attached hydrogens (tertiary/aromatic N) is 3. The SMILES string of the molecule is CO[C@H]1/C=C/O[C@@]2(C)Oc3c(C)c(O)c4c(O)c(c(/C=N/N5CCN(C)CC5)c(O)c4c3C2=O)NC(=O)C(C)=C/C=C/[C@H](C)[C@H](O)[C@@H](C)[C@@H](O)[C@@H](C)[C@H](O)[C@@H]1C. The molecule has 9 atom stereocenters. The molecule has 4 heterocycles. The minimum Gasteiger partial charge on any atom is -0.507 e. The summed E-state index contributed by atoms with van der Waals surface area (Å²) < 4.78 is 17.7. The summed E-state index contributed by atoms with van der Waals surface area (Å²) in [5, 5.41) is 77.6. The summed E-state index contributed by atoms with van der Waals surface area (Å²) in [7, 11) is 3.43. The number of hydrogen-bond acceptors (Lipinski definition) is 14. The number of phenols is 3. The van der Waals surface area contributed by atoms with Gasteiger partial charge in [-0.1, -0.05) is 45.9 Å². The Morgan fingerprint density at radius 1 is 0.893 bits per heavy atom. The Kier molecular flexibility index (Phi) is 12.8. The number of allylic oxidation sites excluding steroid dienone is 2. The molecule has 0 unspecified atom stereocenters. The molecule has 6 rings (SSSR count). The van der Waals surface area contributed by atoms with Crippen LogP contribution in [-0.4, -0.2) is 129 Å². The highest BCUT2D eigenvalue weighted by Crippen LogP contribution is 2.55. The summed E-state index contributed by atoms with van der Waals surface area (Å²) in [6, 6.07) is 0. The number of amides is 1. The van der Waals surface area contributed by atoms with E-state index in [0.29, 0.717) is 13.1 Å². The van der Waals surface area contributed by atoms with Gasteiger partial charge in [-0.05, 0) is 27.0 Å². The molecule has 0 radical (unpaired) electrons. The molecule has 0 aliphatic carbocycles. The molecule has 4 aliphatic rings. The molecule has 15 heteroatoms. The number of nitrogens with one attached hydrogen (secondary N) is 1. The van der Waals surface area contributed by atoms with Gasteiger partial charge in [0.25, 0.3) is 11.7 Å². The molecule has 4 aliphatic heterocycles. The van der Waals surface area contributed by atoms with Crippen LogP contribution in [0.5, 0.6) is 23.0 Å². The summed E-state index contributed by atoms with van der Waals surface area (Å²) >= 11 is 0. The number of carbonyl (C=O) groups is 2. The van der Waals surface area contributed by atoms with Crippen molar-refractivity contribution in [3.63, 3.8) is 0 Å². The largest absolute Gasteiger partial charge is 0.507 e. The highest BCUT2D eigenvalue weighted by Gasteiger charge is 2.50. The van der Waals surface area contributed by atoms with Gasteiger partial charge in [-0.2, -0.15) is 5.10 Å². The monoisotopic (exact) mass is 780 g/mol. The highest BCUT2D eigenvalue weighted by molar-refractivity contribution is 6.23. The van der Waals surface area contributed by atoms with Gasteiger partial charge >= 0.3 is 5.79 Å². The number of Topliss-reactive ketones (excluding diaryl/α,β-unsaturated/α-hetero) is 1. The Morgan fingerprint density at radius 2 is 1.52 bits per heavy atom. The number of hydrogen-bond donors (Lipinski definition) is 7. The number of methoxy groups -OCH3 is 1. The number of likely N-dealkylation sites (N-methyl/N-ethyl adjacent to an activating group) is 1. The lowest BCUT2D eigenvalue weighted by Gasteiger charge is -2.36. The van der Waals surface area contributed by atoms with Gasteiger partial charge in [0, 0.05) is 80.4 Å². The van der Waals surface area contributed by atoms with Crippen molar-refractivity contribution in [1.29, 1.82) is 0 Å². The lowest BCUT2D eigenvalue weighted by molar-refractivity contribution is -0.112. The topological polar surface area (TPSA) is 214 Å². The molecule has 0 aromatic heterocycles. The van der Waals surface area contributed by atoms with E-state index in [2.05, 4.69) is 15.3 Å². The molecule has 1 amide bonds. The van der Waals surface area contributed by atoms with Gasteiger partial charge in [-0.25, -0.2) is 0 Å². The first-order valence-corrected chi connectivity index (χ1v) is 18.9. The fourth-order valence-corrected chi connectivity index (χ4v) is 7.53. The Hall–Kier alpha value is -4.67. The highest BCUT2D eigenvalue weighted by atomic mass is 16.7. The van der Waals surface area contributed by atoms with Crippen LogP contribution in [0.15, 0.2) is 41.2 Å². The first-order chi connectivity index (χ1) is 26.3. The molecule has 56 heavy (non-hydrogen) atoms. The van der Waals surface area contributed by atoms with Crippen LogP contribution in [0, 0.1) is 30.6 Å². The second kappa shape index (κ2) is 16.8. The van der Waals surface area contributed by atoms with Gasteiger partial charge in [0.1, 0.15) is 17.2 Å². The first-order valence-electron chi connectivity index (χ1n) is 18.9. The maximum atomic E-state index is 14.3. The van der Waals surface area contributed by atoms with E-state index in [-0.39, 0.29) is 44.5 Å². The van der Waals surface area contributed by atoms with E-state index in [1.165, 1.54) is 52.5 Å². The Balaban J connectivity index is 1.70. The number of benzene rings is 2. The van der Waals surface area contributed by atoms with Crippen LogP contribution in [0.1, 0.15) is 63.0 Å². The van der Waals surface area contributed by atoms with E-state index < -0.39 is 82.8 Å². The van der Waals surface area contributed by atoms with Gasteiger partial charge < -0.3 is 55.1 Å². The van der Waals surface area contributed by atoms with Crippen molar-refractivity contribution in [2.45, 2.75) is 78.7 Å². The summed E-state index contributed by atoms with van der Waals surface area (Å²) in [5.41, 5.74) is -0.290. The predicted octanol–water partition coefficient (Wildman–Crippen LogP) is 3.76. The third-order valence-electron chi connectivity index (χ3n) is 11.6. The van der Waals surface area contributed by atoms with Crippen LogP contribution in [0.3, 0.4) is 0 Å². The number of aromatic hydroxyl groups is 3. The van der Waals surface area contributed by atoms with Gasteiger partial charge in [0.05, 0.1) is 59.1 Å². The zero-order valence-corrected chi connectivity index (χ0v) is 33.5. The predicted molar refractivity (Wildman–Crippen MR) is 211 cm³/mol. The fourth-order valence-electron chi connectivity index (χ4n) is 7.53. The molecule has 0 saturated carbocycles. The molecule has 1 fully saturated rings. The first kappa shape index (κ1) is 42.5. The second-order valence-electron chi connectivity index (χ2n) is 15.5. The van der Waals surface area contributed by atoms with Crippen molar-refractivity contribution in [1.82, 2.24) is 9.91 Å². The third-order valence-corrected chi connectivity index (χ3v) is 11.6. The quantitative estimate of drug-likeness (QED) is 0.134.